The van der Waals surface area contributed by atoms with Crippen LogP contribution in [-0.4, -0.2) is 41.2 Å². The molecule has 0 heterocycles. The zero-order valence-corrected chi connectivity index (χ0v) is 12.8. The molecular formula is C12H18ClNO4S. The number of halogens is 1. The van der Waals surface area contributed by atoms with Gasteiger partial charge in [-0.2, -0.15) is 0 Å². The van der Waals surface area contributed by atoms with Gasteiger partial charge < -0.3 is 14.8 Å². The van der Waals surface area contributed by atoms with Gasteiger partial charge in [0, 0.05) is 24.9 Å². The molecule has 0 aliphatic carbocycles. The van der Waals surface area contributed by atoms with Gasteiger partial charge >= 0.3 is 0 Å². The molecular weight excluding hydrogens is 290 g/mol. The van der Waals surface area contributed by atoms with Crippen LogP contribution in [0.15, 0.2) is 12.1 Å². The maximum atomic E-state index is 11.0. The first-order valence-electron chi connectivity index (χ1n) is 5.70. The van der Waals surface area contributed by atoms with Gasteiger partial charge in [-0.3, -0.25) is 0 Å². The molecule has 108 valence electrons. The molecule has 1 aromatic rings. The largest absolute Gasteiger partial charge is 0.495 e. The van der Waals surface area contributed by atoms with Crippen LogP contribution in [0.1, 0.15) is 6.42 Å². The van der Waals surface area contributed by atoms with Crippen molar-refractivity contribution in [3.8, 4) is 11.5 Å². The normalized spacial score (nSPS) is 11.2. The monoisotopic (exact) mass is 307 g/mol. The van der Waals surface area contributed by atoms with Gasteiger partial charge in [0.25, 0.3) is 0 Å². The lowest BCUT2D eigenvalue weighted by Crippen LogP contribution is -2.10. The number of methoxy groups -OCH3 is 2. The number of hydrogen-bond acceptors (Lipinski definition) is 5. The highest BCUT2D eigenvalue weighted by atomic mass is 35.5. The Morgan fingerprint density at radius 3 is 2.37 bits per heavy atom. The number of sulfone groups is 1. The Morgan fingerprint density at radius 2 is 1.84 bits per heavy atom. The molecule has 1 rings (SSSR count). The summed E-state index contributed by atoms with van der Waals surface area (Å²) in [5, 5.41) is 3.57. The maximum absolute atomic E-state index is 11.0. The van der Waals surface area contributed by atoms with Gasteiger partial charge in [0.1, 0.15) is 21.3 Å². The molecule has 0 atom stereocenters. The number of rotatable bonds is 7. The van der Waals surface area contributed by atoms with E-state index >= 15 is 0 Å². The molecule has 0 aromatic heterocycles. The summed E-state index contributed by atoms with van der Waals surface area (Å²) < 4.78 is 32.4. The van der Waals surface area contributed by atoms with E-state index in [1.807, 2.05) is 0 Å². The highest BCUT2D eigenvalue weighted by molar-refractivity contribution is 7.90. The van der Waals surface area contributed by atoms with Crippen LogP contribution in [0.3, 0.4) is 0 Å². The molecule has 1 aromatic carbocycles. The minimum atomic E-state index is -2.93. The van der Waals surface area contributed by atoms with E-state index in [0.717, 1.165) is 5.69 Å². The molecule has 5 nitrogen and oxygen atoms in total. The SMILES string of the molecule is COc1cc(NCCCS(C)(=O)=O)c(OC)cc1Cl. The summed E-state index contributed by atoms with van der Waals surface area (Å²) in [6, 6.07) is 3.38. The van der Waals surface area contributed by atoms with Crippen LogP contribution in [0.25, 0.3) is 0 Å². The Labute approximate surface area is 118 Å². The van der Waals surface area contributed by atoms with Gasteiger partial charge in [0.15, 0.2) is 0 Å². The van der Waals surface area contributed by atoms with Gasteiger partial charge in [0.2, 0.25) is 0 Å². The van der Waals surface area contributed by atoms with Crippen molar-refractivity contribution in [3.63, 3.8) is 0 Å². The lowest BCUT2D eigenvalue weighted by Gasteiger charge is -2.13. The fraction of sp³-hybridized carbons (Fsp3) is 0.500. The van der Waals surface area contributed by atoms with E-state index in [1.165, 1.54) is 13.4 Å². The zero-order valence-electron chi connectivity index (χ0n) is 11.2. The molecule has 0 saturated carbocycles. The number of benzene rings is 1. The Bertz CT molecular complexity index is 531. The quantitative estimate of drug-likeness (QED) is 0.782. The van der Waals surface area contributed by atoms with Crippen LogP contribution in [0, 0.1) is 0 Å². The summed E-state index contributed by atoms with van der Waals surface area (Å²) in [5.41, 5.74) is 0.720. The summed E-state index contributed by atoms with van der Waals surface area (Å²) in [7, 11) is 0.140. The molecule has 0 amide bonds. The van der Waals surface area contributed by atoms with E-state index in [0.29, 0.717) is 29.5 Å². The summed E-state index contributed by atoms with van der Waals surface area (Å²) >= 11 is 5.99. The minimum Gasteiger partial charge on any atom is -0.495 e. The van der Waals surface area contributed by atoms with Crippen LogP contribution < -0.4 is 14.8 Å². The zero-order chi connectivity index (χ0) is 14.5. The maximum Gasteiger partial charge on any atom is 0.147 e. The number of nitrogens with one attached hydrogen (secondary N) is 1. The molecule has 0 aliphatic rings. The number of hydrogen-bond donors (Lipinski definition) is 1. The summed E-state index contributed by atoms with van der Waals surface area (Å²) in [5.74, 6) is 1.27. The smallest absolute Gasteiger partial charge is 0.147 e. The third-order valence-corrected chi connectivity index (χ3v) is 3.81. The van der Waals surface area contributed by atoms with Crippen molar-refractivity contribution < 1.29 is 17.9 Å². The van der Waals surface area contributed by atoms with E-state index in [9.17, 15) is 8.42 Å². The van der Waals surface area contributed by atoms with Crippen molar-refractivity contribution in [1.82, 2.24) is 0 Å². The van der Waals surface area contributed by atoms with E-state index < -0.39 is 9.84 Å². The second-order valence-corrected chi connectivity index (χ2v) is 6.76. The molecule has 7 heteroatoms. The van der Waals surface area contributed by atoms with Crippen molar-refractivity contribution in [2.24, 2.45) is 0 Å². The summed E-state index contributed by atoms with van der Waals surface area (Å²) in [6.45, 7) is 0.522. The van der Waals surface area contributed by atoms with E-state index in [-0.39, 0.29) is 5.75 Å². The number of ether oxygens (including phenoxy) is 2. The first kappa shape index (κ1) is 15.9. The molecule has 0 saturated heterocycles. The van der Waals surface area contributed by atoms with E-state index in [4.69, 9.17) is 21.1 Å². The molecule has 0 unspecified atom stereocenters. The minimum absolute atomic E-state index is 0.146. The van der Waals surface area contributed by atoms with Gasteiger partial charge in [0.05, 0.1) is 30.7 Å². The Kier molecular flexibility index (Phi) is 5.75. The Hall–Kier alpha value is -1.14. The molecule has 1 N–H and O–H groups in total. The second-order valence-electron chi connectivity index (χ2n) is 4.10. The van der Waals surface area contributed by atoms with Gasteiger partial charge in [-0.05, 0) is 6.42 Å². The van der Waals surface area contributed by atoms with Crippen LogP contribution in [-0.2, 0) is 9.84 Å². The van der Waals surface area contributed by atoms with Crippen molar-refractivity contribution in [3.05, 3.63) is 17.2 Å². The van der Waals surface area contributed by atoms with Crippen LogP contribution in [0.2, 0.25) is 5.02 Å². The molecule has 0 spiro atoms. The second kappa shape index (κ2) is 6.86. The molecule has 0 radical (unpaired) electrons. The average Bonchev–Trinajstić information content (AvgIpc) is 2.34. The molecule has 0 bridgehead atoms. The third-order valence-electron chi connectivity index (χ3n) is 2.48. The van der Waals surface area contributed by atoms with Crippen LogP contribution in [0.4, 0.5) is 5.69 Å². The fourth-order valence-corrected chi connectivity index (χ4v) is 2.46. The van der Waals surface area contributed by atoms with Crippen LogP contribution in [0.5, 0.6) is 11.5 Å². The molecule has 19 heavy (non-hydrogen) atoms. The average molecular weight is 308 g/mol. The lowest BCUT2D eigenvalue weighted by molar-refractivity contribution is 0.404. The fourth-order valence-electron chi connectivity index (χ4n) is 1.56. The van der Waals surface area contributed by atoms with Crippen molar-refractivity contribution in [1.29, 1.82) is 0 Å². The Morgan fingerprint density at radius 1 is 1.21 bits per heavy atom. The van der Waals surface area contributed by atoms with Crippen molar-refractivity contribution in [2.75, 3.05) is 38.1 Å². The topological polar surface area (TPSA) is 64.6 Å². The van der Waals surface area contributed by atoms with E-state index in [1.54, 1.807) is 19.2 Å². The first-order chi connectivity index (χ1) is 8.87. The van der Waals surface area contributed by atoms with Crippen LogP contribution >= 0.6 is 11.6 Å². The predicted molar refractivity (Wildman–Crippen MR) is 77.4 cm³/mol. The lowest BCUT2D eigenvalue weighted by atomic mass is 10.2. The number of anilines is 1. The van der Waals surface area contributed by atoms with Gasteiger partial charge in [-0.15, -0.1) is 0 Å². The first-order valence-corrected chi connectivity index (χ1v) is 8.14. The Balaban J connectivity index is 2.71. The molecule has 0 aliphatic heterocycles. The highest BCUT2D eigenvalue weighted by Gasteiger charge is 2.09. The highest BCUT2D eigenvalue weighted by Crippen LogP contribution is 2.35. The standard InChI is InChI=1S/C12H18ClNO4S/c1-17-11-8-10(12(18-2)7-9(11)13)14-5-4-6-19(3,15)16/h7-8,14H,4-6H2,1-3H3. The van der Waals surface area contributed by atoms with Gasteiger partial charge in [-0.1, -0.05) is 11.6 Å². The summed E-state index contributed by atoms with van der Waals surface area (Å²) in [4.78, 5) is 0. The van der Waals surface area contributed by atoms with Gasteiger partial charge in [-0.25, -0.2) is 8.42 Å². The van der Waals surface area contributed by atoms with E-state index in [2.05, 4.69) is 5.32 Å². The summed E-state index contributed by atoms with van der Waals surface area (Å²) in [6.07, 6.45) is 1.74. The molecule has 0 fully saturated rings. The van der Waals surface area contributed by atoms with Crippen molar-refractivity contribution in [2.45, 2.75) is 6.42 Å². The predicted octanol–water partition coefficient (Wildman–Crippen LogP) is 2.20. The van der Waals surface area contributed by atoms with Crippen molar-refractivity contribution >= 4 is 27.1 Å². The third kappa shape index (κ3) is 5.16.